The minimum Gasteiger partial charge on any atom is -0.315 e. The van der Waals surface area contributed by atoms with Crippen LogP contribution in [0.2, 0.25) is 0 Å². The second kappa shape index (κ2) is 9.66. The van der Waals surface area contributed by atoms with Gasteiger partial charge in [0.25, 0.3) is 0 Å². The first-order chi connectivity index (χ1) is 11.3. The molecule has 1 amide bonds. The van der Waals surface area contributed by atoms with Crippen LogP contribution in [0.15, 0.2) is 36.4 Å². The predicted molar refractivity (Wildman–Crippen MR) is 106 cm³/mol. The van der Waals surface area contributed by atoms with E-state index in [0.29, 0.717) is 0 Å². The fourth-order valence-corrected chi connectivity index (χ4v) is 2.91. The molecular weight excluding hydrogens is 294 g/mol. The van der Waals surface area contributed by atoms with Crippen LogP contribution >= 0.6 is 0 Å². The van der Waals surface area contributed by atoms with E-state index in [-0.39, 0.29) is 17.2 Å². The van der Waals surface area contributed by atoms with Crippen molar-refractivity contribution in [1.29, 1.82) is 0 Å². The Morgan fingerprint density at radius 2 is 1.79 bits per heavy atom. The zero-order valence-corrected chi connectivity index (χ0v) is 16.4. The normalized spacial score (nSPS) is 13.2. The number of allylic oxidation sites excluding steroid dienone is 2. The summed E-state index contributed by atoms with van der Waals surface area (Å²) >= 11 is 0. The SMILES string of the molecule is CC=CCCCCC(CC)C(=O)N(C)c1ccc(C(C)(C)C)cc1. The lowest BCUT2D eigenvalue weighted by molar-refractivity contribution is -0.122. The molecule has 0 radical (unpaired) electrons. The summed E-state index contributed by atoms with van der Waals surface area (Å²) < 4.78 is 0. The van der Waals surface area contributed by atoms with Crippen LogP contribution in [0.5, 0.6) is 0 Å². The van der Waals surface area contributed by atoms with Gasteiger partial charge < -0.3 is 4.90 Å². The first-order valence-electron chi connectivity index (χ1n) is 9.30. The van der Waals surface area contributed by atoms with Crippen LogP contribution < -0.4 is 4.90 Å². The number of anilines is 1. The lowest BCUT2D eigenvalue weighted by atomic mass is 9.87. The maximum absolute atomic E-state index is 12.8. The Balaban J connectivity index is 2.66. The largest absolute Gasteiger partial charge is 0.315 e. The van der Waals surface area contributed by atoms with Crippen LogP contribution in [-0.4, -0.2) is 13.0 Å². The summed E-state index contributed by atoms with van der Waals surface area (Å²) in [5.74, 6) is 0.370. The topological polar surface area (TPSA) is 20.3 Å². The highest BCUT2D eigenvalue weighted by Gasteiger charge is 2.21. The third-order valence-corrected chi connectivity index (χ3v) is 4.70. The number of hydrogen-bond donors (Lipinski definition) is 0. The highest BCUT2D eigenvalue weighted by atomic mass is 16.2. The molecule has 0 aromatic heterocycles. The standard InChI is InChI=1S/C22H35NO/c1-7-9-10-11-12-13-18(8-2)21(24)23(6)20-16-14-19(15-17-20)22(3,4)5/h7,9,14-18H,8,10-13H2,1-6H3. The van der Waals surface area contributed by atoms with Gasteiger partial charge in [-0.05, 0) is 55.7 Å². The van der Waals surface area contributed by atoms with Crippen molar-refractivity contribution in [3.8, 4) is 0 Å². The van der Waals surface area contributed by atoms with Crippen molar-refractivity contribution in [3.05, 3.63) is 42.0 Å². The number of rotatable bonds is 8. The van der Waals surface area contributed by atoms with Gasteiger partial charge in [-0.3, -0.25) is 4.79 Å². The van der Waals surface area contributed by atoms with Gasteiger partial charge in [-0.1, -0.05) is 58.4 Å². The van der Waals surface area contributed by atoms with E-state index in [1.807, 2.05) is 11.9 Å². The van der Waals surface area contributed by atoms with Gasteiger partial charge >= 0.3 is 0 Å². The summed E-state index contributed by atoms with van der Waals surface area (Å²) in [5, 5.41) is 0. The molecule has 0 saturated carbocycles. The number of nitrogens with zero attached hydrogens (tertiary/aromatic N) is 1. The molecular formula is C22H35NO. The highest BCUT2D eigenvalue weighted by Crippen LogP contribution is 2.26. The van der Waals surface area contributed by atoms with Crippen molar-refractivity contribution in [2.75, 3.05) is 11.9 Å². The van der Waals surface area contributed by atoms with Gasteiger partial charge in [0.05, 0.1) is 0 Å². The predicted octanol–water partition coefficient (Wildman–Crippen LogP) is 6.11. The molecule has 0 aliphatic rings. The molecule has 2 heteroatoms. The van der Waals surface area contributed by atoms with E-state index in [1.165, 1.54) is 5.56 Å². The van der Waals surface area contributed by atoms with E-state index in [9.17, 15) is 4.79 Å². The summed E-state index contributed by atoms with van der Waals surface area (Å²) in [6.07, 6.45) is 9.59. The number of carbonyl (C=O) groups is 1. The molecule has 1 aromatic carbocycles. The Morgan fingerprint density at radius 1 is 1.17 bits per heavy atom. The van der Waals surface area contributed by atoms with Crippen molar-refractivity contribution in [2.24, 2.45) is 5.92 Å². The van der Waals surface area contributed by atoms with Crippen molar-refractivity contribution < 1.29 is 4.79 Å². The Labute approximate surface area is 149 Å². The van der Waals surface area contributed by atoms with Crippen LogP contribution in [0.25, 0.3) is 0 Å². The molecule has 0 N–H and O–H groups in total. The minimum atomic E-state index is 0.128. The van der Waals surface area contributed by atoms with Crippen LogP contribution in [0, 0.1) is 5.92 Å². The molecule has 134 valence electrons. The number of amides is 1. The molecule has 0 aliphatic carbocycles. The van der Waals surface area contributed by atoms with Crippen molar-refractivity contribution in [3.63, 3.8) is 0 Å². The number of hydrogen-bond acceptors (Lipinski definition) is 1. The monoisotopic (exact) mass is 329 g/mol. The second-order valence-electron chi connectivity index (χ2n) is 7.65. The molecule has 24 heavy (non-hydrogen) atoms. The summed E-state index contributed by atoms with van der Waals surface area (Å²) in [4.78, 5) is 14.6. The molecule has 0 spiro atoms. The average molecular weight is 330 g/mol. The van der Waals surface area contributed by atoms with Gasteiger partial charge in [-0.15, -0.1) is 0 Å². The van der Waals surface area contributed by atoms with Gasteiger partial charge in [0.1, 0.15) is 0 Å². The van der Waals surface area contributed by atoms with Crippen LogP contribution in [-0.2, 0) is 10.2 Å². The average Bonchev–Trinajstić information content (AvgIpc) is 2.56. The summed E-state index contributed by atoms with van der Waals surface area (Å²) in [6.45, 7) is 10.8. The Morgan fingerprint density at radius 3 is 2.29 bits per heavy atom. The Kier molecular flexibility index (Phi) is 8.24. The molecule has 0 bridgehead atoms. The minimum absolute atomic E-state index is 0.128. The Bertz CT molecular complexity index is 522. The summed E-state index contributed by atoms with van der Waals surface area (Å²) in [5.41, 5.74) is 2.42. The van der Waals surface area contributed by atoms with Gasteiger partial charge in [0.2, 0.25) is 5.91 Å². The van der Waals surface area contributed by atoms with E-state index in [0.717, 1.165) is 37.8 Å². The van der Waals surface area contributed by atoms with Crippen LogP contribution in [0.4, 0.5) is 5.69 Å². The molecule has 1 atom stereocenters. The van der Waals surface area contributed by atoms with Gasteiger partial charge in [0, 0.05) is 18.7 Å². The molecule has 1 rings (SSSR count). The van der Waals surface area contributed by atoms with Crippen LogP contribution in [0.3, 0.4) is 0 Å². The fourth-order valence-electron chi connectivity index (χ4n) is 2.91. The maximum Gasteiger partial charge on any atom is 0.229 e. The second-order valence-corrected chi connectivity index (χ2v) is 7.65. The van der Waals surface area contributed by atoms with E-state index in [4.69, 9.17) is 0 Å². The first kappa shape index (κ1) is 20.5. The van der Waals surface area contributed by atoms with Gasteiger partial charge in [-0.2, -0.15) is 0 Å². The van der Waals surface area contributed by atoms with E-state index in [2.05, 4.69) is 71.0 Å². The lowest BCUT2D eigenvalue weighted by Gasteiger charge is -2.25. The zero-order valence-electron chi connectivity index (χ0n) is 16.4. The lowest BCUT2D eigenvalue weighted by Crippen LogP contribution is -2.32. The fraction of sp³-hybridized carbons (Fsp3) is 0.591. The van der Waals surface area contributed by atoms with Gasteiger partial charge in [0.15, 0.2) is 0 Å². The number of unbranched alkanes of at least 4 members (excludes halogenated alkanes) is 2. The van der Waals surface area contributed by atoms with Crippen LogP contribution in [0.1, 0.15) is 72.3 Å². The first-order valence-corrected chi connectivity index (χ1v) is 9.30. The molecule has 1 aromatic rings. The van der Waals surface area contributed by atoms with Gasteiger partial charge in [-0.25, -0.2) is 0 Å². The molecule has 0 aliphatic heterocycles. The number of carbonyl (C=O) groups excluding carboxylic acids is 1. The smallest absolute Gasteiger partial charge is 0.229 e. The Hall–Kier alpha value is -1.57. The van der Waals surface area contributed by atoms with E-state index in [1.54, 1.807) is 0 Å². The maximum atomic E-state index is 12.8. The molecule has 0 fully saturated rings. The molecule has 0 heterocycles. The summed E-state index contributed by atoms with van der Waals surface area (Å²) in [6, 6.07) is 8.41. The third-order valence-electron chi connectivity index (χ3n) is 4.70. The van der Waals surface area contributed by atoms with Crippen molar-refractivity contribution in [2.45, 2.75) is 72.1 Å². The molecule has 0 saturated heterocycles. The van der Waals surface area contributed by atoms with E-state index >= 15 is 0 Å². The zero-order chi connectivity index (χ0) is 18.2. The third kappa shape index (κ3) is 6.14. The summed E-state index contributed by atoms with van der Waals surface area (Å²) in [7, 11) is 1.90. The van der Waals surface area contributed by atoms with Crippen molar-refractivity contribution in [1.82, 2.24) is 0 Å². The molecule has 2 nitrogen and oxygen atoms in total. The highest BCUT2D eigenvalue weighted by molar-refractivity contribution is 5.94. The quantitative estimate of drug-likeness (QED) is 0.416. The van der Waals surface area contributed by atoms with Crippen molar-refractivity contribution >= 4 is 11.6 Å². The number of benzene rings is 1. The van der Waals surface area contributed by atoms with E-state index < -0.39 is 0 Å². The molecule has 1 unspecified atom stereocenters.